The van der Waals surface area contributed by atoms with Gasteiger partial charge in [0.1, 0.15) is 6.04 Å². The number of hydrogen-bond acceptors (Lipinski definition) is 6. The van der Waals surface area contributed by atoms with Gasteiger partial charge in [-0.05, 0) is 11.4 Å². The average molecular weight is 308 g/mol. The number of rotatable bonds is 3. The number of hydrogen-bond donors (Lipinski definition) is 1. The fourth-order valence-corrected chi connectivity index (χ4v) is 3.69. The molecule has 0 bridgehead atoms. The maximum Gasteiger partial charge on any atom is 0.245 e. The minimum Gasteiger partial charge on any atom is -0.345 e. The van der Waals surface area contributed by atoms with Crippen LogP contribution in [0.25, 0.3) is 0 Å². The zero-order valence-corrected chi connectivity index (χ0v) is 12.6. The number of carbonyl (C=O) groups is 1. The minimum absolute atomic E-state index is 0.0197. The Labute approximate surface area is 125 Å². The molecule has 0 aromatic carbocycles. The molecule has 2 N–H and O–H groups in total. The molecule has 2 aromatic heterocycles. The van der Waals surface area contributed by atoms with Gasteiger partial charge in [0.05, 0.1) is 0 Å². The molecule has 1 aliphatic rings. The molecule has 3 heterocycles. The maximum atomic E-state index is 12.4. The summed E-state index contributed by atoms with van der Waals surface area (Å²) in [4.78, 5) is 21.7. The van der Waals surface area contributed by atoms with Gasteiger partial charge in [-0.2, -0.15) is 0 Å². The van der Waals surface area contributed by atoms with Gasteiger partial charge in [0, 0.05) is 42.6 Å². The van der Waals surface area contributed by atoms with E-state index in [1.807, 2.05) is 34.0 Å². The van der Waals surface area contributed by atoms with Gasteiger partial charge in [0.15, 0.2) is 5.13 Å². The first-order valence-electron chi connectivity index (χ1n) is 6.48. The first kappa shape index (κ1) is 13.5. The summed E-state index contributed by atoms with van der Waals surface area (Å²) in [6.45, 7) is 3.04. The zero-order valence-electron chi connectivity index (χ0n) is 10.9. The Morgan fingerprint density at radius 1 is 1.25 bits per heavy atom. The second-order valence-corrected chi connectivity index (χ2v) is 6.47. The van der Waals surface area contributed by atoms with Crippen LogP contribution < -0.4 is 10.6 Å². The Bertz CT molecular complexity index is 547. The van der Waals surface area contributed by atoms with Gasteiger partial charge in [-0.3, -0.25) is 4.79 Å². The standard InChI is InChI=1S/C13H16N4OS2/c14-11(10-2-1-8-19-10)12(18)16-4-6-17(7-5-16)13-15-3-9-20-13/h1-3,8-9,11H,4-7,14H2. The van der Waals surface area contributed by atoms with Gasteiger partial charge in [-0.15, -0.1) is 22.7 Å². The smallest absolute Gasteiger partial charge is 0.245 e. The van der Waals surface area contributed by atoms with E-state index in [9.17, 15) is 4.79 Å². The quantitative estimate of drug-likeness (QED) is 0.934. The number of thiazole rings is 1. The summed E-state index contributed by atoms with van der Waals surface area (Å²) in [5.74, 6) is 0.0197. The van der Waals surface area contributed by atoms with Crippen LogP contribution in [-0.2, 0) is 4.79 Å². The molecule has 20 heavy (non-hydrogen) atoms. The Morgan fingerprint density at radius 2 is 2.05 bits per heavy atom. The third-order valence-electron chi connectivity index (χ3n) is 3.40. The Kier molecular flexibility index (Phi) is 4.00. The first-order chi connectivity index (χ1) is 9.75. The predicted molar refractivity (Wildman–Crippen MR) is 82.2 cm³/mol. The molecule has 2 aromatic rings. The van der Waals surface area contributed by atoms with Crippen LogP contribution >= 0.6 is 22.7 Å². The SMILES string of the molecule is NC(C(=O)N1CCN(c2nccs2)CC1)c1cccs1. The molecule has 0 spiro atoms. The van der Waals surface area contributed by atoms with E-state index in [2.05, 4.69) is 9.88 Å². The lowest BCUT2D eigenvalue weighted by molar-refractivity contribution is -0.132. The van der Waals surface area contributed by atoms with Gasteiger partial charge in [-0.1, -0.05) is 6.07 Å². The molecule has 1 unspecified atom stereocenters. The maximum absolute atomic E-state index is 12.4. The van der Waals surface area contributed by atoms with Crippen molar-refractivity contribution in [2.24, 2.45) is 5.73 Å². The molecule has 1 amide bonds. The minimum atomic E-state index is -0.526. The van der Waals surface area contributed by atoms with E-state index in [1.54, 1.807) is 11.3 Å². The Morgan fingerprint density at radius 3 is 2.65 bits per heavy atom. The molecular weight excluding hydrogens is 292 g/mol. The van der Waals surface area contributed by atoms with Crippen LogP contribution in [0, 0.1) is 0 Å². The molecule has 1 saturated heterocycles. The van der Waals surface area contributed by atoms with Crippen LogP contribution in [0.5, 0.6) is 0 Å². The van der Waals surface area contributed by atoms with Gasteiger partial charge >= 0.3 is 0 Å². The van der Waals surface area contributed by atoms with E-state index in [0.29, 0.717) is 13.1 Å². The van der Waals surface area contributed by atoms with Crippen LogP contribution in [0.1, 0.15) is 10.9 Å². The normalized spacial score (nSPS) is 17.2. The number of aromatic nitrogens is 1. The molecule has 106 valence electrons. The van der Waals surface area contributed by atoms with Crippen molar-refractivity contribution in [1.82, 2.24) is 9.88 Å². The lowest BCUT2D eigenvalue weighted by Gasteiger charge is -2.35. The highest BCUT2D eigenvalue weighted by Gasteiger charge is 2.27. The van der Waals surface area contributed by atoms with Crippen molar-refractivity contribution in [2.75, 3.05) is 31.1 Å². The fraction of sp³-hybridized carbons (Fsp3) is 0.385. The summed E-state index contributed by atoms with van der Waals surface area (Å²) in [6.07, 6.45) is 1.81. The third-order valence-corrected chi connectivity index (χ3v) is 5.18. The molecule has 5 nitrogen and oxygen atoms in total. The topological polar surface area (TPSA) is 62.5 Å². The number of carbonyl (C=O) groups excluding carboxylic acids is 1. The second-order valence-electron chi connectivity index (χ2n) is 4.62. The van der Waals surface area contributed by atoms with Crippen molar-refractivity contribution < 1.29 is 4.79 Å². The summed E-state index contributed by atoms with van der Waals surface area (Å²) in [6, 6.07) is 3.31. The third kappa shape index (κ3) is 2.70. The number of nitrogens with two attached hydrogens (primary N) is 1. The van der Waals surface area contributed by atoms with Crippen molar-refractivity contribution in [1.29, 1.82) is 0 Å². The summed E-state index contributed by atoms with van der Waals surface area (Å²) in [7, 11) is 0. The van der Waals surface area contributed by atoms with Gasteiger partial charge < -0.3 is 15.5 Å². The first-order valence-corrected chi connectivity index (χ1v) is 8.24. The molecule has 1 aliphatic heterocycles. The van der Waals surface area contributed by atoms with Crippen molar-refractivity contribution in [3.8, 4) is 0 Å². The van der Waals surface area contributed by atoms with E-state index in [0.717, 1.165) is 23.1 Å². The van der Waals surface area contributed by atoms with Crippen LogP contribution in [0.2, 0.25) is 0 Å². The molecule has 0 radical (unpaired) electrons. The highest BCUT2D eigenvalue weighted by Crippen LogP contribution is 2.22. The summed E-state index contributed by atoms with van der Waals surface area (Å²) in [5.41, 5.74) is 6.04. The summed E-state index contributed by atoms with van der Waals surface area (Å²) < 4.78 is 0. The second kappa shape index (κ2) is 5.90. The molecule has 1 atom stereocenters. The summed E-state index contributed by atoms with van der Waals surface area (Å²) in [5, 5.41) is 4.95. The molecule has 1 fully saturated rings. The average Bonchev–Trinajstić information content (AvgIpc) is 3.18. The largest absolute Gasteiger partial charge is 0.345 e. The van der Waals surface area contributed by atoms with Crippen molar-refractivity contribution in [3.05, 3.63) is 34.0 Å². The van der Waals surface area contributed by atoms with Crippen LogP contribution in [0.3, 0.4) is 0 Å². The number of anilines is 1. The Balaban J connectivity index is 1.59. The van der Waals surface area contributed by atoms with Crippen LogP contribution in [0.15, 0.2) is 29.1 Å². The molecular formula is C13H16N4OS2. The number of nitrogens with zero attached hydrogens (tertiary/aromatic N) is 3. The van der Waals surface area contributed by atoms with Crippen LogP contribution in [-0.4, -0.2) is 42.0 Å². The molecule has 3 rings (SSSR count). The number of thiophene rings is 1. The van der Waals surface area contributed by atoms with Gasteiger partial charge in [0.25, 0.3) is 0 Å². The van der Waals surface area contributed by atoms with Gasteiger partial charge in [0.2, 0.25) is 5.91 Å². The monoisotopic (exact) mass is 308 g/mol. The molecule has 0 saturated carbocycles. The zero-order chi connectivity index (χ0) is 13.9. The van der Waals surface area contributed by atoms with E-state index in [4.69, 9.17) is 5.73 Å². The van der Waals surface area contributed by atoms with E-state index in [1.165, 1.54) is 11.3 Å². The summed E-state index contributed by atoms with van der Waals surface area (Å²) >= 11 is 3.16. The molecule has 0 aliphatic carbocycles. The van der Waals surface area contributed by atoms with Crippen molar-refractivity contribution in [3.63, 3.8) is 0 Å². The van der Waals surface area contributed by atoms with Gasteiger partial charge in [-0.25, -0.2) is 4.98 Å². The number of piperazine rings is 1. The number of amides is 1. The predicted octanol–water partition coefficient (Wildman–Crippen LogP) is 1.55. The van der Waals surface area contributed by atoms with Crippen molar-refractivity contribution >= 4 is 33.7 Å². The fourth-order valence-electron chi connectivity index (χ4n) is 2.28. The van der Waals surface area contributed by atoms with E-state index >= 15 is 0 Å². The highest BCUT2D eigenvalue weighted by atomic mass is 32.1. The Hall–Kier alpha value is -1.44. The lowest BCUT2D eigenvalue weighted by atomic mass is 10.2. The highest BCUT2D eigenvalue weighted by molar-refractivity contribution is 7.13. The van der Waals surface area contributed by atoms with Crippen LogP contribution in [0.4, 0.5) is 5.13 Å². The van der Waals surface area contributed by atoms with E-state index < -0.39 is 6.04 Å². The van der Waals surface area contributed by atoms with E-state index in [-0.39, 0.29) is 5.91 Å². The molecule has 7 heteroatoms. The van der Waals surface area contributed by atoms with Crippen molar-refractivity contribution in [2.45, 2.75) is 6.04 Å². The lowest BCUT2D eigenvalue weighted by Crippen LogP contribution is -2.51.